The molecule has 0 unspecified atom stereocenters. The highest BCUT2D eigenvalue weighted by molar-refractivity contribution is 6.58. The van der Waals surface area contributed by atoms with Crippen LogP contribution in [0.3, 0.4) is 0 Å². The SMILES string of the molecule is COC(=O)c1ccc(B(O)O)cc1C1CC1. The topological polar surface area (TPSA) is 66.8 Å². The van der Waals surface area contributed by atoms with Gasteiger partial charge in [-0.05, 0) is 35.9 Å². The van der Waals surface area contributed by atoms with Crippen molar-refractivity contribution < 1.29 is 19.6 Å². The second-order valence-corrected chi connectivity index (χ2v) is 3.99. The molecular weight excluding hydrogens is 207 g/mol. The third-order valence-corrected chi connectivity index (χ3v) is 2.80. The summed E-state index contributed by atoms with van der Waals surface area (Å²) in [6.07, 6.45) is 2.07. The minimum Gasteiger partial charge on any atom is -0.465 e. The molecule has 1 saturated carbocycles. The summed E-state index contributed by atoms with van der Waals surface area (Å²) in [6.45, 7) is 0. The number of benzene rings is 1. The second kappa shape index (κ2) is 4.27. The van der Waals surface area contributed by atoms with Crippen LogP contribution < -0.4 is 5.46 Å². The van der Waals surface area contributed by atoms with Crippen LogP contribution in [0.15, 0.2) is 18.2 Å². The summed E-state index contributed by atoms with van der Waals surface area (Å²) in [5.41, 5.74) is 1.79. The smallest absolute Gasteiger partial charge is 0.465 e. The monoisotopic (exact) mass is 220 g/mol. The molecule has 0 radical (unpaired) electrons. The lowest BCUT2D eigenvalue weighted by molar-refractivity contribution is 0.0599. The van der Waals surface area contributed by atoms with E-state index >= 15 is 0 Å². The molecule has 2 rings (SSSR count). The summed E-state index contributed by atoms with van der Waals surface area (Å²) in [7, 11) is -0.155. The van der Waals surface area contributed by atoms with Gasteiger partial charge in [-0.15, -0.1) is 0 Å². The summed E-state index contributed by atoms with van der Waals surface area (Å²) in [5, 5.41) is 18.2. The zero-order valence-electron chi connectivity index (χ0n) is 9.01. The molecule has 1 aromatic rings. The summed E-state index contributed by atoms with van der Waals surface area (Å²) in [4.78, 5) is 11.5. The van der Waals surface area contributed by atoms with E-state index in [0.717, 1.165) is 18.4 Å². The molecule has 5 heteroatoms. The van der Waals surface area contributed by atoms with Gasteiger partial charge in [0.25, 0.3) is 0 Å². The molecule has 1 aliphatic carbocycles. The van der Waals surface area contributed by atoms with Gasteiger partial charge in [0.1, 0.15) is 0 Å². The highest BCUT2D eigenvalue weighted by atomic mass is 16.5. The van der Waals surface area contributed by atoms with Gasteiger partial charge in [-0.25, -0.2) is 4.79 Å². The number of hydrogen-bond acceptors (Lipinski definition) is 4. The van der Waals surface area contributed by atoms with Crippen molar-refractivity contribution in [1.82, 2.24) is 0 Å². The number of ether oxygens (including phenoxy) is 1. The van der Waals surface area contributed by atoms with Gasteiger partial charge in [0.15, 0.2) is 0 Å². The Hall–Kier alpha value is -1.33. The molecule has 1 aromatic carbocycles. The average Bonchev–Trinajstić information content (AvgIpc) is 3.11. The van der Waals surface area contributed by atoms with E-state index in [4.69, 9.17) is 14.8 Å². The summed E-state index contributed by atoms with van der Waals surface area (Å²) in [5.74, 6) is -0.0197. The normalized spacial score (nSPS) is 14.7. The van der Waals surface area contributed by atoms with Crippen LogP contribution in [0.5, 0.6) is 0 Å². The van der Waals surface area contributed by atoms with Crippen LogP contribution in [-0.2, 0) is 4.74 Å². The Balaban J connectivity index is 2.41. The van der Waals surface area contributed by atoms with Crippen molar-refractivity contribution in [3.63, 3.8) is 0 Å². The van der Waals surface area contributed by atoms with Crippen LogP contribution in [0, 0.1) is 0 Å². The summed E-state index contributed by atoms with van der Waals surface area (Å²) >= 11 is 0. The largest absolute Gasteiger partial charge is 0.488 e. The second-order valence-electron chi connectivity index (χ2n) is 3.99. The lowest BCUT2D eigenvalue weighted by Crippen LogP contribution is -2.30. The third kappa shape index (κ3) is 2.10. The molecule has 0 amide bonds. The van der Waals surface area contributed by atoms with Crippen LogP contribution in [-0.4, -0.2) is 30.2 Å². The molecule has 1 fully saturated rings. The van der Waals surface area contributed by atoms with Crippen molar-refractivity contribution in [2.75, 3.05) is 7.11 Å². The molecule has 0 aromatic heterocycles. The highest BCUT2D eigenvalue weighted by Gasteiger charge is 2.29. The van der Waals surface area contributed by atoms with Crippen LogP contribution >= 0.6 is 0 Å². The predicted octanol–water partition coefficient (Wildman–Crippen LogP) is 0.0304. The van der Waals surface area contributed by atoms with Crippen LogP contribution in [0.4, 0.5) is 0 Å². The molecule has 84 valence electrons. The third-order valence-electron chi connectivity index (χ3n) is 2.80. The summed E-state index contributed by atoms with van der Waals surface area (Å²) < 4.78 is 4.69. The molecule has 1 aliphatic rings. The Morgan fingerprint density at radius 3 is 2.62 bits per heavy atom. The molecule has 0 saturated heterocycles. The lowest BCUT2D eigenvalue weighted by Gasteiger charge is -2.09. The Morgan fingerprint density at radius 2 is 2.12 bits per heavy atom. The molecule has 0 bridgehead atoms. The van der Waals surface area contributed by atoms with Gasteiger partial charge < -0.3 is 14.8 Å². The van der Waals surface area contributed by atoms with E-state index in [1.54, 1.807) is 12.1 Å². The minimum atomic E-state index is -1.50. The molecule has 0 heterocycles. The zero-order valence-corrected chi connectivity index (χ0v) is 9.01. The van der Waals surface area contributed by atoms with Crippen LogP contribution in [0.25, 0.3) is 0 Å². The lowest BCUT2D eigenvalue weighted by atomic mass is 9.78. The summed E-state index contributed by atoms with van der Waals surface area (Å²) in [6, 6.07) is 4.80. The molecule has 2 N–H and O–H groups in total. The quantitative estimate of drug-likeness (QED) is 0.557. The fourth-order valence-electron chi connectivity index (χ4n) is 1.77. The zero-order chi connectivity index (χ0) is 11.7. The maximum atomic E-state index is 11.5. The Morgan fingerprint density at radius 1 is 1.44 bits per heavy atom. The Labute approximate surface area is 94.0 Å². The van der Waals surface area contributed by atoms with Crippen molar-refractivity contribution in [1.29, 1.82) is 0 Å². The number of rotatable bonds is 3. The van der Waals surface area contributed by atoms with Crippen molar-refractivity contribution in [3.05, 3.63) is 29.3 Å². The van der Waals surface area contributed by atoms with Crippen molar-refractivity contribution >= 4 is 18.6 Å². The van der Waals surface area contributed by atoms with E-state index in [1.807, 2.05) is 0 Å². The first-order valence-electron chi connectivity index (χ1n) is 5.21. The van der Waals surface area contributed by atoms with Crippen molar-refractivity contribution in [2.24, 2.45) is 0 Å². The first-order valence-corrected chi connectivity index (χ1v) is 5.21. The number of methoxy groups -OCH3 is 1. The van der Waals surface area contributed by atoms with Gasteiger partial charge in [-0.3, -0.25) is 0 Å². The first kappa shape index (κ1) is 11.2. The molecule has 0 aliphatic heterocycles. The van der Waals surface area contributed by atoms with E-state index in [9.17, 15) is 4.79 Å². The highest BCUT2D eigenvalue weighted by Crippen LogP contribution is 2.41. The van der Waals surface area contributed by atoms with Gasteiger partial charge in [0, 0.05) is 0 Å². The molecular formula is C11H13BO4. The Bertz CT molecular complexity index is 412. The van der Waals surface area contributed by atoms with Crippen molar-refractivity contribution in [3.8, 4) is 0 Å². The maximum absolute atomic E-state index is 11.5. The molecule has 0 atom stereocenters. The van der Waals surface area contributed by atoms with Crippen molar-refractivity contribution in [2.45, 2.75) is 18.8 Å². The van der Waals surface area contributed by atoms with Crippen LogP contribution in [0.2, 0.25) is 0 Å². The molecule has 4 nitrogen and oxygen atoms in total. The number of carbonyl (C=O) groups excluding carboxylic acids is 1. The minimum absolute atomic E-state index is 0.354. The fraction of sp³-hybridized carbons (Fsp3) is 0.364. The predicted molar refractivity (Wildman–Crippen MR) is 59.6 cm³/mol. The van der Waals surface area contributed by atoms with Gasteiger partial charge >= 0.3 is 13.1 Å². The standard InChI is InChI=1S/C11H13BO4/c1-16-11(13)9-5-4-8(12(14)15)6-10(9)7-2-3-7/h4-7,14-15H,2-3H2,1H3. The van der Waals surface area contributed by atoms with E-state index in [1.165, 1.54) is 13.2 Å². The van der Waals surface area contributed by atoms with Gasteiger partial charge in [-0.2, -0.15) is 0 Å². The van der Waals surface area contributed by atoms with E-state index in [0.29, 0.717) is 16.9 Å². The van der Waals surface area contributed by atoms with Gasteiger partial charge in [-0.1, -0.05) is 12.1 Å². The van der Waals surface area contributed by atoms with Crippen LogP contribution in [0.1, 0.15) is 34.7 Å². The number of esters is 1. The number of carbonyl (C=O) groups is 1. The van der Waals surface area contributed by atoms with E-state index in [-0.39, 0.29) is 5.97 Å². The first-order chi connectivity index (χ1) is 7.63. The van der Waals surface area contributed by atoms with Gasteiger partial charge in [0.05, 0.1) is 12.7 Å². The fourth-order valence-corrected chi connectivity index (χ4v) is 1.77. The molecule has 0 spiro atoms. The maximum Gasteiger partial charge on any atom is 0.488 e. The van der Waals surface area contributed by atoms with Gasteiger partial charge in [0.2, 0.25) is 0 Å². The van der Waals surface area contributed by atoms with E-state index in [2.05, 4.69) is 0 Å². The average molecular weight is 220 g/mol. The van der Waals surface area contributed by atoms with E-state index < -0.39 is 7.12 Å². The number of hydrogen-bond donors (Lipinski definition) is 2. The molecule has 16 heavy (non-hydrogen) atoms. The Kier molecular flexibility index (Phi) is 2.98.